The molecule has 1 heterocycles. The summed E-state index contributed by atoms with van der Waals surface area (Å²) in [4.78, 5) is 28.7. The van der Waals surface area contributed by atoms with Crippen molar-refractivity contribution in [3.05, 3.63) is 70.8 Å². The number of aromatic nitrogens is 1. The predicted molar refractivity (Wildman–Crippen MR) is 84.3 cm³/mol. The molecule has 23 heavy (non-hydrogen) atoms. The van der Waals surface area contributed by atoms with Gasteiger partial charge >= 0.3 is 5.97 Å². The first kappa shape index (κ1) is 16.5. The zero-order valence-corrected chi connectivity index (χ0v) is 12.9. The van der Waals surface area contributed by atoms with Crippen LogP contribution in [0.3, 0.4) is 0 Å². The van der Waals surface area contributed by atoms with Gasteiger partial charge in [-0.2, -0.15) is 0 Å². The SMILES string of the molecule is CCOC(=O)C(=Cc1cncc(C)c1)C(=O)c1ccc(F)cc1. The molecule has 0 amide bonds. The zero-order chi connectivity index (χ0) is 16.8. The van der Waals surface area contributed by atoms with Gasteiger partial charge in [0.05, 0.1) is 6.61 Å². The first-order valence-electron chi connectivity index (χ1n) is 7.12. The van der Waals surface area contributed by atoms with Crippen LogP contribution in [0.5, 0.6) is 0 Å². The molecule has 0 aliphatic rings. The molecule has 0 atom stereocenters. The Morgan fingerprint density at radius 2 is 1.91 bits per heavy atom. The zero-order valence-electron chi connectivity index (χ0n) is 12.9. The quantitative estimate of drug-likeness (QED) is 0.279. The third-order valence-corrected chi connectivity index (χ3v) is 3.05. The number of ether oxygens (including phenoxy) is 1. The number of Topliss-reactive ketones (excluding diaryl/α,β-unsaturated/α-hetero) is 1. The molecule has 0 aliphatic heterocycles. The van der Waals surface area contributed by atoms with E-state index in [1.165, 1.54) is 30.3 Å². The van der Waals surface area contributed by atoms with Crippen molar-refractivity contribution in [1.29, 1.82) is 0 Å². The van der Waals surface area contributed by atoms with Crippen LogP contribution in [0, 0.1) is 12.7 Å². The Bertz CT molecular complexity index is 751. The fourth-order valence-corrected chi connectivity index (χ4v) is 2.01. The number of nitrogens with zero attached hydrogens (tertiary/aromatic N) is 1. The van der Waals surface area contributed by atoms with Gasteiger partial charge in [0.25, 0.3) is 0 Å². The molecule has 2 rings (SSSR count). The van der Waals surface area contributed by atoms with Crippen molar-refractivity contribution in [2.45, 2.75) is 13.8 Å². The second-order valence-electron chi connectivity index (χ2n) is 4.91. The summed E-state index contributed by atoms with van der Waals surface area (Å²) in [6, 6.07) is 6.80. The lowest BCUT2D eigenvalue weighted by Gasteiger charge is -2.07. The highest BCUT2D eigenvalue weighted by Crippen LogP contribution is 2.15. The minimum absolute atomic E-state index is 0.120. The number of carbonyl (C=O) groups is 2. The Labute approximate surface area is 133 Å². The average molecular weight is 313 g/mol. The second-order valence-corrected chi connectivity index (χ2v) is 4.91. The monoisotopic (exact) mass is 313 g/mol. The molecule has 1 aromatic heterocycles. The fraction of sp³-hybridized carbons (Fsp3) is 0.167. The van der Waals surface area contributed by atoms with Crippen LogP contribution in [0.15, 0.2) is 48.3 Å². The summed E-state index contributed by atoms with van der Waals surface area (Å²) in [5.74, 6) is -1.70. The van der Waals surface area contributed by atoms with Gasteiger partial charge in [-0.05, 0) is 61.4 Å². The number of esters is 1. The van der Waals surface area contributed by atoms with Crippen LogP contribution in [0.1, 0.15) is 28.4 Å². The van der Waals surface area contributed by atoms with Crippen molar-refractivity contribution in [3.63, 3.8) is 0 Å². The standard InChI is InChI=1S/C18H16FNO3/c1-3-23-18(22)16(9-13-8-12(2)10-20-11-13)17(21)14-4-6-15(19)7-5-14/h4-11H,3H2,1-2H3. The first-order chi connectivity index (χ1) is 11.0. The number of rotatable bonds is 5. The molecule has 0 unspecified atom stereocenters. The van der Waals surface area contributed by atoms with Crippen LogP contribution < -0.4 is 0 Å². The highest BCUT2D eigenvalue weighted by atomic mass is 19.1. The summed E-state index contributed by atoms with van der Waals surface area (Å²) in [5.41, 5.74) is 1.61. The Hall–Kier alpha value is -2.82. The number of carbonyl (C=O) groups excluding carboxylic acids is 2. The molecule has 0 fully saturated rings. The Morgan fingerprint density at radius 1 is 1.22 bits per heavy atom. The molecule has 0 aliphatic carbocycles. The molecular formula is C18H16FNO3. The Balaban J connectivity index is 2.43. The van der Waals surface area contributed by atoms with E-state index in [9.17, 15) is 14.0 Å². The van der Waals surface area contributed by atoms with Gasteiger partial charge in [0.2, 0.25) is 0 Å². The van der Waals surface area contributed by atoms with E-state index >= 15 is 0 Å². The average Bonchev–Trinajstić information content (AvgIpc) is 2.53. The maximum atomic E-state index is 13.0. The van der Waals surface area contributed by atoms with Gasteiger partial charge in [-0.15, -0.1) is 0 Å². The summed E-state index contributed by atoms with van der Waals surface area (Å²) in [6.45, 7) is 3.67. The normalized spacial score (nSPS) is 11.2. The van der Waals surface area contributed by atoms with Gasteiger partial charge in [-0.1, -0.05) is 0 Å². The van der Waals surface area contributed by atoms with Crippen LogP contribution in [0.2, 0.25) is 0 Å². The number of pyridine rings is 1. The lowest BCUT2D eigenvalue weighted by atomic mass is 10.0. The smallest absolute Gasteiger partial charge is 0.342 e. The minimum atomic E-state index is -0.719. The molecule has 5 heteroatoms. The number of hydrogen-bond acceptors (Lipinski definition) is 4. The van der Waals surface area contributed by atoms with E-state index in [0.717, 1.165) is 5.56 Å². The number of halogens is 1. The van der Waals surface area contributed by atoms with Crippen molar-refractivity contribution in [2.24, 2.45) is 0 Å². The van der Waals surface area contributed by atoms with Gasteiger partial charge in [0, 0.05) is 18.0 Å². The van der Waals surface area contributed by atoms with Crippen molar-refractivity contribution >= 4 is 17.8 Å². The molecule has 0 saturated carbocycles. The maximum Gasteiger partial charge on any atom is 0.342 e. The van der Waals surface area contributed by atoms with Crippen molar-refractivity contribution in [1.82, 2.24) is 4.98 Å². The highest BCUT2D eigenvalue weighted by molar-refractivity contribution is 6.26. The number of benzene rings is 1. The van der Waals surface area contributed by atoms with Crippen molar-refractivity contribution in [3.8, 4) is 0 Å². The van der Waals surface area contributed by atoms with Crippen LogP contribution in [-0.4, -0.2) is 23.3 Å². The van der Waals surface area contributed by atoms with Crippen LogP contribution in [0.4, 0.5) is 4.39 Å². The van der Waals surface area contributed by atoms with Crippen molar-refractivity contribution in [2.75, 3.05) is 6.61 Å². The van der Waals surface area contributed by atoms with Gasteiger partial charge in [-0.25, -0.2) is 9.18 Å². The van der Waals surface area contributed by atoms with Crippen LogP contribution >= 0.6 is 0 Å². The summed E-state index contributed by atoms with van der Waals surface area (Å²) in [7, 11) is 0. The van der Waals surface area contributed by atoms with Gasteiger partial charge < -0.3 is 4.74 Å². The van der Waals surface area contributed by atoms with E-state index in [1.807, 2.05) is 6.92 Å². The van der Waals surface area contributed by atoms with E-state index in [2.05, 4.69) is 4.98 Å². The summed E-state index contributed by atoms with van der Waals surface area (Å²) in [5, 5.41) is 0. The molecule has 2 aromatic rings. The molecule has 0 N–H and O–H groups in total. The molecular weight excluding hydrogens is 297 g/mol. The van der Waals surface area contributed by atoms with Gasteiger partial charge in [0.15, 0.2) is 5.78 Å². The Kier molecular flexibility index (Phi) is 5.36. The second kappa shape index (κ2) is 7.45. The third-order valence-electron chi connectivity index (χ3n) is 3.05. The molecule has 4 nitrogen and oxygen atoms in total. The maximum absolute atomic E-state index is 13.0. The number of hydrogen-bond donors (Lipinski definition) is 0. The molecule has 0 saturated heterocycles. The fourth-order valence-electron chi connectivity index (χ4n) is 2.01. The topological polar surface area (TPSA) is 56.3 Å². The molecule has 0 radical (unpaired) electrons. The summed E-state index contributed by atoms with van der Waals surface area (Å²) >= 11 is 0. The van der Waals surface area contributed by atoms with E-state index < -0.39 is 17.6 Å². The predicted octanol–water partition coefficient (Wildman–Crippen LogP) is 3.36. The van der Waals surface area contributed by atoms with E-state index in [0.29, 0.717) is 5.56 Å². The lowest BCUT2D eigenvalue weighted by Crippen LogP contribution is -2.16. The van der Waals surface area contributed by atoms with E-state index in [4.69, 9.17) is 4.74 Å². The number of aryl methyl sites for hydroxylation is 1. The van der Waals surface area contributed by atoms with Crippen LogP contribution in [0.25, 0.3) is 6.08 Å². The van der Waals surface area contributed by atoms with Crippen LogP contribution in [-0.2, 0) is 9.53 Å². The summed E-state index contributed by atoms with van der Waals surface area (Å²) < 4.78 is 17.9. The van der Waals surface area contributed by atoms with E-state index in [-0.39, 0.29) is 17.7 Å². The van der Waals surface area contributed by atoms with Crippen molar-refractivity contribution < 1.29 is 18.7 Å². The lowest BCUT2D eigenvalue weighted by molar-refractivity contribution is -0.137. The largest absolute Gasteiger partial charge is 0.462 e. The molecule has 118 valence electrons. The Morgan fingerprint density at radius 3 is 2.52 bits per heavy atom. The first-order valence-corrected chi connectivity index (χ1v) is 7.12. The van der Waals surface area contributed by atoms with E-state index in [1.54, 1.807) is 25.4 Å². The highest BCUT2D eigenvalue weighted by Gasteiger charge is 2.21. The minimum Gasteiger partial charge on any atom is -0.462 e. The molecule has 0 spiro atoms. The van der Waals surface area contributed by atoms with Gasteiger partial charge in [-0.3, -0.25) is 9.78 Å². The third kappa shape index (κ3) is 4.32. The van der Waals surface area contributed by atoms with Gasteiger partial charge in [0.1, 0.15) is 11.4 Å². The molecule has 0 bridgehead atoms. The number of ketones is 1. The summed E-state index contributed by atoms with van der Waals surface area (Å²) in [6.07, 6.45) is 4.65. The molecule has 1 aromatic carbocycles.